The number of rotatable bonds is 19. The highest BCUT2D eigenvalue weighted by Gasteiger charge is 2.40. The van der Waals surface area contributed by atoms with Crippen LogP contribution in [0, 0.1) is 5.92 Å². The quantitative estimate of drug-likeness (QED) is 0.0603. The number of carbonyl (C=O) groups excluding carboxylic acids is 7. The molecule has 1 aliphatic heterocycles. The molecule has 1 rings (SSSR count). The minimum Gasteiger partial charge on any atom is -0.480 e. The van der Waals surface area contributed by atoms with Gasteiger partial charge in [-0.1, -0.05) is 13.8 Å². The van der Waals surface area contributed by atoms with Crippen molar-refractivity contribution in [3.05, 3.63) is 0 Å². The molecule has 0 unspecified atom stereocenters. The fourth-order valence-electron chi connectivity index (χ4n) is 4.79. The lowest BCUT2D eigenvalue weighted by Crippen LogP contribution is -2.62. The molecule has 1 heterocycles. The van der Waals surface area contributed by atoms with Crippen LogP contribution >= 0.6 is 0 Å². The van der Waals surface area contributed by atoms with Crippen molar-refractivity contribution >= 4 is 47.3 Å². The molecule has 20 heteroatoms. The summed E-state index contributed by atoms with van der Waals surface area (Å²) < 4.78 is 0. The first-order valence-corrected chi connectivity index (χ1v) is 15.3. The number of nitrogens with two attached hydrogens (primary N) is 2. The second-order valence-corrected chi connectivity index (χ2v) is 12.0. The van der Waals surface area contributed by atoms with Gasteiger partial charge in [0, 0.05) is 6.54 Å². The smallest absolute Gasteiger partial charge is 0.326 e. The molecule has 8 atom stereocenters. The van der Waals surface area contributed by atoms with E-state index >= 15 is 0 Å². The highest BCUT2D eigenvalue weighted by atomic mass is 16.4. The van der Waals surface area contributed by atoms with Crippen LogP contribution in [0.2, 0.25) is 0 Å². The molecule has 0 saturated carbocycles. The fraction of sp³-hybridized carbons (Fsp3) is 0.714. The summed E-state index contributed by atoms with van der Waals surface area (Å²) in [7, 11) is 0. The molecule has 1 aliphatic rings. The summed E-state index contributed by atoms with van der Waals surface area (Å²) >= 11 is 0. The summed E-state index contributed by atoms with van der Waals surface area (Å²) in [5, 5.41) is 50.4. The van der Waals surface area contributed by atoms with E-state index in [-0.39, 0.29) is 18.9 Å². The summed E-state index contributed by atoms with van der Waals surface area (Å²) in [5.41, 5.74) is 11.0. The molecule has 0 spiro atoms. The van der Waals surface area contributed by atoms with Crippen LogP contribution in [0.25, 0.3) is 0 Å². The number of carbonyl (C=O) groups is 8. The Kier molecular flexibility index (Phi) is 16.8. The lowest BCUT2D eigenvalue weighted by atomic mass is 10.0. The average molecular weight is 689 g/mol. The number of carboxylic acids is 1. The number of aliphatic hydroxyl groups is 3. The molecule has 0 aromatic rings. The number of primary amides is 1. The third-order valence-electron chi connectivity index (χ3n) is 7.29. The number of hydrogen-bond donors (Lipinski definition) is 11. The van der Waals surface area contributed by atoms with Gasteiger partial charge in [0.25, 0.3) is 0 Å². The summed E-state index contributed by atoms with van der Waals surface area (Å²) in [6, 6.07) is -9.01. The third-order valence-corrected chi connectivity index (χ3v) is 7.29. The minimum atomic E-state index is -1.80. The number of aliphatic carboxylic acids is 1. The van der Waals surface area contributed by atoms with Gasteiger partial charge in [-0.3, -0.25) is 33.6 Å². The van der Waals surface area contributed by atoms with Gasteiger partial charge < -0.3 is 63.4 Å². The van der Waals surface area contributed by atoms with Crippen LogP contribution < -0.4 is 38.1 Å². The van der Waals surface area contributed by atoms with E-state index in [1.807, 2.05) is 13.8 Å². The van der Waals surface area contributed by atoms with Crippen LogP contribution in [0.15, 0.2) is 0 Å². The summed E-state index contributed by atoms with van der Waals surface area (Å²) in [6.45, 7) is 4.38. The standard InChI is InChI=1S/C28H48N8O12/c1-12(2)8-15(29)23(42)31-10-20(41)34-21(13(3)38)26(45)32-16(9-19(30)40)24(43)33-17(11-37)25(44)35-22(14(4)39)27(46)36-7-5-6-18(36)28(47)48/h12-18,21-22,37-39H,5-11,29H2,1-4H3,(H2,30,40)(H,31,42)(H,32,45)(H,33,43)(H,34,41)(H,35,44)(H,47,48)/t13-,14-,15+,16+,17+,18+,21+,22+/m1/s1. The van der Waals surface area contributed by atoms with Crippen molar-refractivity contribution < 1.29 is 58.8 Å². The number of nitrogens with zero attached hydrogens (tertiary/aromatic N) is 1. The molecule has 0 aromatic carbocycles. The Morgan fingerprint density at radius 3 is 1.88 bits per heavy atom. The molecule has 1 saturated heterocycles. The summed E-state index contributed by atoms with van der Waals surface area (Å²) in [4.78, 5) is 101. The van der Waals surface area contributed by atoms with Gasteiger partial charge in [-0.25, -0.2) is 4.79 Å². The normalized spacial score (nSPS) is 18.7. The Balaban J connectivity index is 2.99. The number of amides is 7. The van der Waals surface area contributed by atoms with Gasteiger partial charge in [-0.15, -0.1) is 0 Å². The SMILES string of the molecule is CC(C)C[C@H](N)C(=O)NCC(=O)N[C@H](C(=O)N[C@@H](CC(N)=O)C(=O)N[C@@H](CO)C(=O)N[C@H](C(=O)N1CCC[C@H]1C(=O)O)[C@@H](C)O)[C@@H](C)O. The zero-order valence-corrected chi connectivity index (χ0v) is 27.3. The monoisotopic (exact) mass is 688 g/mol. The van der Waals surface area contributed by atoms with Crippen LogP contribution in [0.4, 0.5) is 0 Å². The van der Waals surface area contributed by atoms with Crippen LogP contribution in [-0.4, -0.2) is 141 Å². The number of aliphatic hydroxyl groups excluding tert-OH is 3. The molecule has 48 heavy (non-hydrogen) atoms. The highest BCUT2D eigenvalue weighted by molar-refractivity contribution is 5.98. The lowest BCUT2D eigenvalue weighted by molar-refractivity contribution is -0.150. The molecule has 272 valence electrons. The van der Waals surface area contributed by atoms with Gasteiger partial charge in [-0.05, 0) is 39.0 Å². The van der Waals surface area contributed by atoms with E-state index in [2.05, 4.69) is 26.6 Å². The molecule has 0 radical (unpaired) electrons. The molecule has 1 fully saturated rings. The van der Waals surface area contributed by atoms with Gasteiger partial charge >= 0.3 is 5.97 Å². The van der Waals surface area contributed by atoms with Crippen molar-refractivity contribution in [3.8, 4) is 0 Å². The van der Waals surface area contributed by atoms with Crippen molar-refractivity contribution in [1.29, 1.82) is 0 Å². The zero-order valence-electron chi connectivity index (χ0n) is 27.3. The Morgan fingerprint density at radius 1 is 0.812 bits per heavy atom. The van der Waals surface area contributed by atoms with Crippen molar-refractivity contribution in [3.63, 3.8) is 0 Å². The number of likely N-dealkylation sites (tertiary alicyclic amines) is 1. The fourth-order valence-corrected chi connectivity index (χ4v) is 4.79. The first-order valence-electron chi connectivity index (χ1n) is 15.3. The number of carboxylic acid groups (broad SMARTS) is 1. The predicted molar refractivity (Wildman–Crippen MR) is 165 cm³/mol. The maximum Gasteiger partial charge on any atom is 0.326 e. The third kappa shape index (κ3) is 13.0. The van der Waals surface area contributed by atoms with E-state index in [1.165, 1.54) is 0 Å². The van der Waals surface area contributed by atoms with E-state index in [9.17, 15) is 58.8 Å². The Morgan fingerprint density at radius 2 is 1.38 bits per heavy atom. The van der Waals surface area contributed by atoms with E-state index in [0.717, 1.165) is 18.7 Å². The van der Waals surface area contributed by atoms with Crippen molar-refractivity contribution in [1.82, 2.24) is 31.5 Å². The Bertz CT molecular complexity index is 1200. The van der Waals surface area contributed by atoms with Crippen LogP contribution in [-0.2, 0) is 38.4 Å². The van der Waals surface area contributed by atoms with Crippen LogP contribution in [0.1, 0.15) is 53.4 Å². The minimum absolute atomic E-state index is 0.0541. The summed E-state index contributed by atoms with van der Waals surface area (Å²) in [5.74, 6) is -8.24. The predicted octanol–water partition coefficient (Wildman–Crippen LogP) is -5.88. The van der Waals surface area contributed by atoms with E-state index in [0.29, 0.717) is 12.8 Å². The number of nitrogens with one attached hydrogen (secondary N) is 5. The second-order valence-electron chi connectivity index (χ2n) is 12.0. The van der Waals surface area contributed by atoms with Crippen molar-refractivity contribution in [2.24, 2.45) is 17.4 Å². The van der Waals surface area contributed by atoms with Gasteiger partial charge in [-0.2, -0.15) is 0 Å². The first kappa shape index (κ1) is 41.6. The maximum atomic E-state index is 13.1. The van der Waals surface area contributed by atoms with Gasteiger partial charge in [0.1, 0.15) is 30.2 Å². The first-order chi connectivity index (χ1) is 22.3. The van der Waals surface area contributed by atoms with E-state index in [1.54, 1.807) is 0 Å². The van der Waals surface area contributed by atoms with Crippen LogP contribution in [0.5, 0.6) is 0 Å². The molecular formula is C28H48N8O12. The largest absolute Gasteiger partial charge is 0.480 e. The van der Waals surface area contributed by atoms with Gasteiger partial charge in [0.15, 0.2) is 0 Å². The molecule has 0 bridgehead atoms. The Hall–Kier alpha value is -4.40. The van der Waals surface area contributed by atoms with Crippen molar-refractivity contribution in [2.45, 2.75) is 102 Å². The van der Waals surface area contributed by atoms with E-state index in [4.69, 9.17) is 11.5 Å². The van der Waals surface area contributed by atoms with Gasteiger partial charge in [0.2, 0.25) is 41.4 Å². The maximum absolute atomic E-state index is 13.1. The molecule has 13 N–H and O–H groups in total. The molecule has 7 amide bonds. The average Bonchev–Trinajstić information content (AvgIpc) is 3.48. The number of hydrogen-bond acceptors (Lipinski definition) is 12. The Labute approximate surface area is 276 Å². The molecular weight excluding hydrogens is 640 g/mol. The molecule has 0 aromatic heterocycles. The second kappa shape index (κ2) is 19.4. The topological polar surface area (TPSA) is 333 Å². The van der Waals surface area contributed by atoms with Crippen molar-refractivity contribution in [2.75, 3.05) is 19.7 Å². The molecule has 20 nitrogen and oxygen atoms in total. The molecule has 0 aliphatic carbocycles. The lowest BCUT2D eigenvalue weighted by Gasteiger charge is -2.30. The van der Waals surface area contributed by atoms with Gasteiger partial charge in [0.05, 0.1) is 37.8 Å². The van der Waals surface area contributed by atoms with E-state index < -0.39 is 115 Å². The zero-order chi connectivity index (χ0) is 36.9. The summed E-state index contributed by atoms with van der Waals surface area (Å²) in [6.07, 6.45) is -3.03. The highest BCUT2D eigenvalue weighted by Crippen LogP contribution is 2.19. The van der Waals surface area contributed by atoms with Crippen LogP contribution in [0.3, 0.4) is 0 Å².